The van der Waals surface area contributed by atoms with Gasteiger partial charge in [0.2, 0.25) is 5.91 Å². The van der Waals surface area contributed by atoms with Crippen molar-refractivity contribution in [1.29, 1.82) is 0 Å². The van der Waals surface area contributed by atoms with Crippen molar-refractivity contribution in [2.45, 2.75) is 88.5 Å². The van der Waals surface area contributed by atoms with Gasteiger partial charge in [-0.2, -0.15) is 0 Å². The van der Waals surface area contributed by atoms with Gasteiger partial charge in [-0.3, -0.25) is 15.0 Å². The van der Waals surface area contributed by atoms with Crippen molar-refractivity contribution < 1.29 is 14.7 Å². The first-order valence-electron chi connectivity index (χ1n) is 24.2. The molecule has 65 heavy (non-hydrogen) atoms. The van der Waals surface area contributed by atoms with Gasteiger partial charge in [-0.05, 0) is 160 Å². The fourth-order valence-electron chi connectivity index (χ4n) is 13.0. The molecule has 7 aliphatic rings. The maximum Gasteiger partial charge on any atom is 0.328 e. The minimum Gasteiger partial charge on any atom is -0.507 e. The number of benzene rings is 2. The van der Waals surface area contributed by atoms with E-state index < -0.39 is 0 Å². The quantitative estimate of drug-likeness (QED) is 0.131. The number of nitrogens with zero attached hydrogens (tertiary/aromatic N) is 8. The number of hydrogen-bond donors (Lipinski definition) is 3. The monoisotopic (exact) mass is 894 g/mol. The lowest BCUT2D eigenvalue weighted by molar-refractivity contribution is -0.120. The van der Waals surface area contributed by atoms with Crippen molar-refractivity contribution in [2.24, 2.45) is 23.2 Å². The zero-order valence-corrected chi connectivity index (χ0v) is 37.8. The van der Waals surface area contributed by atoms with Gasteiger partial charge < -0.3 is 30.1 Å². The topological polar surface area (TPSA) is 149 Å². The minimum absolute atomic E-state index is 0.187. The number of imide groups is 1. The Bertz CT molecular complexity index is 2650. The molecule has 13 nitrogen and oxygen atoms in total. The molecule has 12 rings (SSSR count). The molecule has 5 aromatic rings. The number of phenolic OH excluding ortho intramolecular Hbond substituents is 1. The maximum absolute atomic E-state index is 12.6. The highest BCUT2D eigenvalue weighted by atomic mass is 35.5. The van der Waals surface area contributed by atoms with Crippen molar-refractivity contribution in [1.82, 2.24) is 30.0 Å². The molecule has 3 aliphatic carbocycles. The van der Waals surface area contributed by atoms with Crippen LogP contribution in [0.4, 0.5) is 27.7 Å². The second-order valence-corrected chi connectivity index (χ2v) is 21.0. The summed E-state index contributed by atoms with van der Waals surface area (Å²) in [5, 5.41) is 23.6. The Hall–Kier alpha value is -5.40. The van der Waals surface area contributed by atoms with E-state index in [9.17, 15) is 14.7 Å². The number of piperidine rings is 3. The number of hydrogen-bond acceptors (Lipinski definition) is 10. The summed E-state index contributed by atoms with van der Waals surface area (Å²) in [4.78, 5) is 38.7. The van der Waals surface area contributed by atoms with Gasteiger partial charge in [-0.1, -0.05) is 29.8 Å². The molecule has 7 heterocycles. The summed E-state index contributed by atoms with van der Waals surface area (Å²) in [5.74, 6) is 3.19. The number of amides is 3. The molecule has 3 amide bonds. The minimum atomic E-state index is -0.357. The number of likely N-dealkylation sites (tertiary alicyclic amines) is 1. The zero-order chi connectivity index (χ0) is 44.0. The molecule has 0 radical (unpaired) electrons. The maximum atomic E-state index is 12.6. The van der Waals surface area contributed by atoms with Gasteiger partial charge in [0.25, 0.3) is 0 Å². The summed E-state index contributed by atoms with van der Waals surface area (Å²) < 4.78 is 2.46. The molecule has 2 atom stereocenters. The normalized spacial score (nSPS) is 25.1. The zero-order valence-electron chi connectivity index (χ0n) is 37.0. The largest absolute Gasteiger partial charge is 0.507 e. The number of carbonyl (C=O) groups excluding carboxylic acids is 2. The number of pyridine rings is 1. The standard InChI is InChI=1S/C51H59ClN10O3/c52-41-10-9-33(47-34-7-8-35(47)29-60(28-34)44-23-42(56-57-48(44)53)38-3-1-2-4-45(38)63)21-43(41)59-16-11-31(12-17-59)27-58-19-14-51(15-20-58)24-37(25-51)62-30-40(32-5-6-32)39-22-36(26-54-49(39)62)61-18-13-46(64)55-50(61)65/h1-4,9-10,21-23,26,30-32,34-35,37,47,63H,5-8,11-20,24-25,27-29H2,(H2,53,57)(H,55,64,65). The number of carbonyl (C=O) groups is 2. The predicted molar refractivity (Wildman–Crippen MR) is 255 cm³/mol. The molecule has 2 aromatic carbocycles. The van der Waals surface area contributed by atoms with Crippen LogP contribution in [0.5, 0.6) is 5.75 Å². The summed E-state index contributed by atoms with van der Waals surface area (Å²) in [6.45, 7) is 7.86. The number of nitrogens with two attached hydrogens (primary N) is 1. The second kappa shape index (κ2) is 16.2. The summed E-state index contributed by atoms with van der Waals surface area (Å²) >= 11 is 7.00. The molecule has 7 fully saturated rings. The molecular weight excluding hydrogens is 836 g/mol. The van der Waals surface area contributed by atoms with Crippen LogP contribution in [0.3, 0.4) is 0 Å². The van der Waals surface area contributed by atoms with E-state index in [1.54, 1.807) is 11.0 Å². The number of fused-ring (bicyclic) bond motifs is 3. The van der Waals surface area contributed by atoms with Gasteiger partial charge in [0.05, 0.1) is 34.0 Å². The Morgan fingerprint density at radius 2 is 1.62 bits per heavy atom. The van der Waals surface area contributed by atoms with E-state index in [1.807, 2.05) is 30.5 Å². The first-order chi connectivity index (χ1) is 31.6. The van der Waals surface area contributed by atoms with Crippen LogP contribution in [0.15, 0.2) is 67.0 Å². The van der Waals surface area contributed by atoms with Crippen LogP contribution in [0.25, 0.3) is 22.3 Å². The number of aromatic nitrogens is 4. The van der Waals surface area contributed by atoms with E-state index in [4.69, 9.17) is 22.3 Å². The number of phenols is 1. The third kappa shape index (κ3) is 7.56. The molecule has 4 saturated heterocycles. The molecular formula is C51H59ClN10O3. The van der Waals surface area contributed by atoms with Crippen molar-refractivity contribution in [3.8, 4) is 17.0 Å². The highest BCUT2D eigenvalue weighted by Crippen LogP contribution is 2.57. The number of aromatic hydroxyl groups is 1. The number of halogens is 1. The van der Waals surface area contributed by atoms with E-state index >= 15 is 0 Å². The number of nitrogen functional groups attached to an aromatic ring is 1. The Balaban J connectivity index is 0.645. The molecule has 338 valence electrons. The molecule has 3 aromatic heterocycles. The number of nitrogens with one attached hydrogen (secondary N) is 1. The average Bonchev–Trinajstić information content (AvgIpc) is 4.03. The van der Waals surface area contributed by atoms with Crippen LogP contribution in [-0.4, -0.2) is 94.1 Å². The number of urea groups is 1. The van der Waals surface area contributed by atoms with Crippen molar-refractivity contribution in [3.05, 3.63) is 83.1 Å². The molecule has 14 heteroatoms. The highest BCUT2D eigenvalue weighted by Gasteiger charge is 2.48. The highest BCUT2D eigenvalue weighted by molar-refractivity contribution is 6.33. The number of rotatable bonds is 9. The molecule has 2 unspecified atom stereocenters. The van der Waals surface area contributed by atoms with E-state index in [1.165, 1.54) is 106 Å². The molecule has 2 bridgehead atoms. The summed E-state index contributed by atoms with van der Waals surface area (Å²) in [5.41, 5.74) is 14.9. The Morgan fingerprint density at radius 1 is 0.846 bits per heavy atom. The van der Waals surface area contributed by atoms with Crippen molar-refractivity contribution >= 4 is 57.5 Å². The Labute approximate surface area is 385 Å². The Morgan fingerprint density at radius 3 is 2.35 bits per heavy atom. The van der Waals surface area contributed by atoms with E-state index in [-0.39, 0.29) is 17.7 Å². The molecule has 1 spiro atoms. The van der Waals surface area contributed by atoms with E-state index in [0.29, 0.717) is 71.1 Å². The molecule has 3 saturated carbocycles. The second-order valence-electron chi connectivity index (χ2n) is 20.6. The lowest BCUT2D eigenvalue weighted by Crippen LogP contribution is -2.49. The number of para-hydroxylation sites is 1. The van der Waals surface area contributed by atoms with Crippen molar-refractivity contribution in [2.75, 3.05) is 72.8 Å². The van der Waals surface area contributed by atoms with Gasteiger partial charge in [0, 0.05) is 68.9 Å². The third-order valence-corrected chi connectivity index (χ3v) is 17.0. The fourth-order valence-corrected chi connectivity index (χ4v) is 13.2. The van der Waals surface area contributed by atoms with Gasteiger partial charge in [-0.15, -0.1) is 10.2 Å². The van der Waals surface area contributed by atoms with Crippen LogP contribution < -0.4 is 25.8 Å². The van der Waals surface area contributed by atoms with Gasteiger partial charge >= 0.3 is 6.03 Å². The molecule has 4 N–H and O–H groups in total. The van der Waals surface area contributed by atoms with Crippen molar-refractivity contribution in [3.63, 3.8) is 0 Å². The van der Waals surface area contributed by atoms with Crippen LogP contribution in [0.2, 0.25) is 5.02 Å². The molecule has 4 aliphatic heterocycles. The van der Waals surface area contributed by atoms with E-state index in [0.717, 1.165) is 48.2 Å². The predicted octanol–water partition coefficient (Wildman–Crippen LogP) is 8.72. The van der Waals surface area contributed by atoms with Crippen LogP contribution in [-0.2, 0) is 4.79 Å². The first-order valence-corrected chi connectivity index (χ1v) is 24.6. The Kier molecular flexibility index (Phi) is 10.2. The lowest BCUT2D eigenvalue weighted by atomic mass is 9.60. The van der Waals surface area contributed by atoms with Crippen LogP contribution >= 0.6 is 11.6 Å². The number of anilines is 4. The van der Waals surface area contributed by atoms with Crippen LogP contribution in [0, 0.1) is 23.2 Å². The smallest absolute Gasteiger partial charge is 0.328 e. The summed E-state index contributed by atoms with van der Waals surface area (Å²) in [6.07, 6.45) is 16.7. The van der Waals surface area contributed by atoms with Gasteiger partial charge in [-0.25, -0.2) is 9.78 Å². The average molecular weight is 896 g/mol. The fraction of sp³-hybridized carbons (Fsp3) is 0.510. The lowest BCUT2D eigenvalue weighted by Gasteiger charge is -2.53. The van der Waals surface area contributed by atoms with Gasteiger partial charge in [0.1, 0.15) is 11.4 Å². The summed E-state index contributed by atoms with van der Waals surface area (Å²) in [7, 11) is 0. The van der Waals surface area contributed by atoms with E-state index in [2.05, 4.69) is 65.2 Å². The van der Waals surface area contributed by atoms with Crippen LogP contribution in [0.1, 0.15) is 99.6 Å². The first kappa shape index (κ1) is 41.1. The van der Waals surface area contributed by atoms with Gasteiger partial charge in [0.15, 0.2) is 5.82 Å². The third-order valence-electron chi connectivity index (χ3n) is 16.7. The SMILES string of the molecule is Nc1nnc(-c2ccccc2O)cc1N1CC2CCC(C1)C2c1ccc(Cl)c(N2CCC(CN3CCC4(CC3)CC(n3cc(C5CC5)c5cc(N6CCC(=O)NC6=O)cnc53)C4)CC2)c1. The summed E-state index contributed by atoms with van der Waals surface area (Å²) in [6, 6.07) is 18.3.